The lowest BCUT2D eigenvalue weighted by Crippen LogP contribution is -2.59. The number of aryl methyl sites for hydroxylation is 1. The van der Waals surface area contributed by atoms with Gasteiger partial charge in [-0.2, -0.15) is 0 Å². The van der Waals surface area contributed by atoms with Crippen molar-refractivity contribution in [2.75, 3.05) is 25.0 Å². The van der Waals surface area contributed by atoms with E-state index in [2.05, 4.69) is 10.6 Å². The first kappa shape index (κ1) is 14.4. The van der Waals surface area contributed by atoms with Gasteiger partial charge in [-0.3, -0.25) is 14.9 Å². The molecule has 0 aromatic heterocycles. The Morgan fingerprint density at radius 1 is 1.55 bits per heavy atom. The average molecular weight is 279 g/mol. The van der Waals surface area contributed by atoms with Gasteiger partial charge in [-0.15, -0.1) is 0 Å². The summed E-state index contributed by atoms with van der Waals surface area (Å²) in [6.45, 7) is 5.00. The fraction of sp³-hybridized carbons (Fsp3) is 0.462. The summed E-state index contributed by atoms with van der Waals surface area (Å²) < 4.78 is 5.51. The second kappa shape index (κ2) is 5.56. The first-order chi connectivity index (χ1) is 9.39. The molecule has 7 heteroatoms. The molecule has 0 radical (unpaired) electrons. The lowest BCUT2D eigenvalue weighted by Gasteiger charge is -2.38. The van der Waals surface area contributed by atoms with Crippen molar-refractivity contribution < 1.29 is 14.5 Å². The van der Waals surface area contributed by atoms with Crippen LogP contribution in [0.2, 0.25) is 0 Å². The molecule has 0 unspecified atom stereocenters. The summed E-state index contributed by atoms with van der Waals surface area (Å²) in [5, 5.41) is 16.4. The normalized spacial score (nSPS) is 16.3. The maximum absolute atomic E-state index is 11.7. The molecule has 0 atom stereocenters. The number of amides is 1. The van der Waals surface area contributed by atoms with Gasteiger partial charge in [0.15, 0.2) is 0 Å². The monoisotopic (exact) mass is 279 g/mol. The van der Waals surface area contributed by atoms with Crippen molar-refractivity contribution in [3.8, 4) is 0 Å². The van der Waals surface area contributed by atoms with Gasteiger partial charge < -0.3 is 15.4 Å². The van der Waals surface area contributed by atoms with E-state index in [9.17, 15) is 14.9 Å². The maximum Gasteiger partial charge on any atom is 0.272 e. The molecule has 1 aromatic rings. The van der Waals surface area contributed by atoms with Gasteiger partial charge in [-0.1, -0.05) is 0 Å². The van der Waals surface area contributed by atoms with Crippen molar-refractivity contribution in [2.24, 2.45) is 0 Å². The van der Waals surface area contributed by atoms with Gasteiger partial charge in [-0.25, -0.2) is 0 Å². The highest BCUT2D eigenvalue weighted by molar-refractivity contribution is 5.92. The molecular formula is C13H17N3O4. The van der Waals surface area contributed by atoms with E-state index in [1.165, 1.54) is 12.1 Å². The molecule has 1 aromatic carbocycles. The number of nitrogens with zero attached hydrogens (tertiary/aromatic N) is 1. The van der Waals surface area contributed by atoms with Crippen LogP contribution >= 0.6 is 0 Å². The Bertz CT molecular complexity index is 540. The van der Waals surface area contributed by atoms with E-state index >= 15 is 0 Å². The van der Waals surface area contributed by atoms with Crippen molar-refractivity contribution in [1.82, 2.24) is 5.32 Å². The van der Waals surface area contributed by atoms with Crippen molar-refractivity contribution in [1.29, 1.82) is 0 Å². The average Bonchev–Trinajstić information content (AvgIpc) is 2.33. The number of ether oxygens (including phenoxy) is 1. The number of carbonyl (C=O) groups excluding carboxylic acids is 1. The number of nitrogens with one attached hydrogen (secondary N) is 2. The molecule has 0 aliphatic carbocycles. The highest BCUT2D eigenvalue weighted by Crippen LogP contribution is 2.21. The maximum atomic E-state index is 11.7. The molecule has 7 nitrogen and oxygen atoms in total. The third kappa shape index (κ3) is 3.31. The van der Waals surface area contributed by atoms with Crippen LogP contribution in [0.25, 0.3) is 0 Å². The summed E-state index contributed by atoms with van der Waals surface area (Å²) in [4.78, 5) is 22.0. The van der Waals surface area contributed by atoms with Crippen LogP contribution in [0.3, 0.4) is 0 Å². The lowest BCUT2D eigenvalue weighted by molar-refractivity contribution is -0.385. The Labute approximate surface area is 116 Å². The molecule has 1 aliphatic heterocycles. The van der Waals surface area contributed by atoms with E-state index in [4.69, 9.17) is 4.74 Å². The molecule has 20 heavy (non-hydrogen) atoms. The minimum absolute atomic E-state index is 0.0335. The Morgan fingerprint density at radius 2 is 2.25 bits per heavy atom. The van der Waals surface area contributed by atoms with E-state index in [0.29, 0.717) is 11.3 Å². The molecule has 2 rings (SSSR count). The summed E-state index contributed by atoms with van der Waals surface area (Å²) in [6.07, 6.45) is 0. The highest BCUT2D eigenvalue weighted by atomic mass is 16.6. The molecule has 108 valence electrons. The van der Waals surface area contributed by atoms with Crippen LogP contribution in [0.15, 0.2) is 18.2 Å². The van der Waals surface area contributed by atoms with Crippen molar-refractivity contribution in [3.05, 3.63) is 33.9 Å². The second-order valence-corrected chi connectivity index (χ2v) is 5.15. The fourth-order valence-corrected chi connectivity index (χ4v) is 1.95. The molecule has 0 spiro atoms. The van der Waals surface area contributed by atoms with Crippen LogP contribution in [0.4, 0.5) is 11.4 Å². The Kier molecular flexibility index (Phi) is 4.01. The van der Waals surface area contributed by atoms with E-state index in [1.807, 2.05) is 6.92 Å². The molecule has 1 amide bonds. The van der Waals surface area contributed by atoms with Crippen LogP contribution in [-0.4, -0.2) is 36.1 Å². The van der Waals surface area contributed by atoms with Crippen molar-refractivity contribution >= 4 is 17.3 Å². The first-order valence-electron chi connectivity index (χ1n) is 6.29. The van der Waals surface area contributed by atoms with Crippen molar-refractivity contribution in [3.63, 3.8) is 0 Å². The molecule has 1 saturated heterocycles. The quantitative estimate of drug-likeness (QED) is 0.624. The Morgan fingerprint density at radius 3 is 2.75 bits per heavy atom. The van der Waals surface area contributed by atoms with E-state index in [-0.39, 0.29) is 23.8 Å². The smallest absolute Gasteiger partial charge is 0.272 e. The van der Waals surface area contributed by atoms with Gasteiger partial charge in [0.1, 0.15) is 6.61 Å². The van der Waals surface area contributed by atoms with E-state index in [0.717, 1.165) is 13.1 Å². The van der Waals surface area contributed by atoms with Crippen molar-refractivity contribution in [2.45, 2.75) is 19.4 Å². The van der Waals surface area contributed by atoms with E-state index < -0.39 is 4.92 Å². The third-order valence-electron chi connectivity index (χ3n) is 3.23. The molecule has 1 heterocycles. The molecule has 1 fully saturated rings. The van der Waals surface area contributed by atoms with Crippen LogP contribution in [-0.2, 0) is 9.53 Å². The summed E-state index contributed by atoms with van der Waals surface area (Å²) in [5.41, 5.74) is 0.790. The highest BCUT2D eigenvalue weighted by Gasteiger charge is 2.33. The number of nitro benzene ring substituents is 1. The number of hydrogen-bond acceptors (Lipinski definition) is 5. The number of rotatable bonds is 5. The Hall–Kier alpha value is -1.99. The van der Waals surface area contributed by atoms with Crippen LogP contribution < -0.4 is 10.6 Å². The van der Waals surface area contributed by atoms with Gasteiger partial charge in [-0.05, 0) is 26.0 Å². The van der Waals surface area contributed by atoms with Crippen LogP contribution in [0.1, 0.15) is 12.5 Å². The minimum Gasteiger partial charge on any atom is -0.363 e. The molecule has 0 saturated carbocycles. The number of nitro groups is 1. The fourth-order valence-electron chi connectivity index (χ4n) is 1.95. The summed E-state index contributed by atoms with van der Waals surface area (Å²) in [6, 6.07) is 4.46. The predicted octanol–water partition coefficient (Wildman–Crippen LogP) is 1.22. The number of anilines is 1. The SMILES string of the molecule is Cc1cc(NC(=O)COC2(C)CNC2)ccc1[N+](=O)[O-]. The number of hydrogen-bond donors (Lipinski definition) is 2. The zero-order valence-electron chi connectivity index (χ0n) is 11.4. The zero-order chi connectivity index (χ0) is 14.8. The Balaban J connectivity index is 1.91. The van der Waals surface area contributed by atoms with Gasteiger partial charge >= 0.3 is 0 Å². The zero-order valence-corrected chi connectivity index (χ0v) is 11.4. The number of benzene rings is 1. The van der Waals surface area contributed by atoms with Gasteiger partial charge in [0.2, 0.25) is 5.91 Å². The molecule has 1 aliphatic rings. The summed E-state index contributed by atoms with van der Waals surface area (Å²) >= 11 is 0. The first-order valence-corrected chi connectivity index (χ1v) is 6.29. The van der Waals surface area contributed by atoms with Gasteiger partial charge in [0.25, 0.3) is 5.69 Å². The standard InChI is InChI=1S/C13H17N3O4/c1-9-5-10(3-4-11(9)16(18)19)15-12(17)6-20-13(2)7-14-8-13/h3-5,14H,6-8H2,1-2H3,(H,15,17). The summed E-state index contributed by atoms with van der Waals surface area (Å²) in [7, 11) is 0. The summed E-state index contributed by atoms with van der Waals surface area (Å²) in [5.74, 6) is -0.272. The molecule has 0 bridgehead atoms. The number of carbonyl (C=O) groups is 1. The van der Waals surface area contributed by atoms with E-state index in [1.54, 1.807) is 13.0 Å². The topological polar surface area (TPSA) is 93.5 Å². The molecule has 2 N–H and O–H groups in total. The minimum atomic E-state index is -0.450. The lowest BCUT2D eigenvalue weighted by atomic mass is 10.0. The van der Waals surface area contributed by atoms with Gasteiger partial charge in [0.05, 0.1) is 10.5 Å². The van der Waals surface area contributed by atoms with Crippen LogP contribution in [0.5, 0.6) is 0 Å². The predicted molar refractivity (Wildman–Crippen MR) is 73.7 cm³/mol. The van der Waals surface area contributed by atoms with Crippen LogP contribution in [0, 0.1) is 17.0 Å². The largest absolute Gasteiger partial charge is 0.363 e. The van der Waals surface area contributed by atoms with Gasteiger partial charge in [0, 0.05) is 30.4 Å². The molecular weight excluding hydrogens is 262 g/mol. The third-order valence-corrected chi connectivity index (χ3v) is 3.23. The second-order valence-electron chi connectivity index (χ2n) is 5.15.